The van der Waals surface area contributed by atoms with Crippen LogP contribution in [0.4, 0.5) is 5.69 Å². The molecule has 0 aromatic heterocycles. The summed E-state index contributed by atoms with van der Waals surface area (Å²) < 4.78 is 6.65. The number of morpholine rings is 1. The van der Waals surface area contributed by atoms with Crippen LogP contribution in [0.5, 0.6) is 0 Å². The molecular weight excluding hydrogens is 268 g/mol. The van der Waals surface area contributed by atoms with E-state index in [1.807, 2.05) is 7.05 Å². The zero-order valence-electron chi connectivity index (χ0n) is 9.45. The Bertz CT molecular complexity index is 344. The number of hydrogen-bond donors (Lipinski definition) is 1. The summed E-state index contributed by atoms with van der Waals surface area (Å²) in [5.41, 5.74) is 1.26. The number of nitrogens with one attached hydrogen (secondary N) is 1. The van der Waals surface area contributed by atoms with Crippen LogP contribution in [-0.2, 0) is 4.74 Å². The largest absolute Gasteiger partial charge is 0.377 e. The van der Waals surface area contributed by atoms with E-state index in [4.69, 9.17) is 4.74 Å². The van der Waals surface area contributed by atoms with Gasteiger partial charge >= 0.3 is 0 Å². The third kappa shape index (κ3) is 2.75. The number of rotatable bonds is 3. The molecule has 1 atom stereocenters. The molecule has 1 aromatic carbocycles. The first-order valence-electron chi connectivity index (χ1n) is 5.56. The van der Waals surface area contributed by atoms with Gasteiger partial charge in [0.2, 0.25) is 0 Å². The van der Waals surface area contributed by atoms with Crippen LogP contribution in [0.25, 0.3) is 0 Å². The van der Waals surface area contributed by atoms with Crippen molar-refractivity contribution in [3.8, 4) is 0 Å². The number of anilines is 1. The average Bonchev–Trinajstić information content (AvgIpc) is 2.30. The van der Waals surface area contributed by atoms with Crippen LogP contribution in [0, 0.1) is 0 Å². The Balaban J connectivity index is 2.16. The second-order valence-electron chi connectivity index (χ2n) is 3.96. The van der Waals surface area contributed by atoms with Gasteiger partial charge in [-0.3, -0.25) is 0 Å². The van der Waals surface area contributed by atoms with E-state index in [1.54, 1.807) is 0 Å². The van der Waals surface area contributed by atoms with E-state index in [1.165, 1.54) is 5.69 Å². The van der Waals surface area contributed by atoms with E-state index in [0.717, 1.165) is 30.8 Å². The molecule has 1 unspecified atom stereocenters. The van der Waals surface area contributed by atoms with Gasteiger partial charge in [-0.05, 0) is 25.2 Å². The predicted octanol–water partition coefficient (Wildman–Crippen LogP) is 1.87. The number of halogens is 1. The molecule has 1 aromatic rings. The Morgan fingerprint density at radius 2 is 2.44 bits per heavy atom. The van der Waals surface area contributed by atoms with Gasteiger partial charge in [0.15, 0.2) is 0 Å². The highest BCUT2D eigenvalue weighted by Gasteiger charge is 2.22. The van der Waals surface area contributed by atoms with Crippen LogP contribution in [0.1, 0.15) is 0 Å². The van der Waals surface area contributed by atoms with Crippen molar-refractivity contribution in [3.05, 3.63) is 28.7 Å². The first-order valence-corrected chi connectivity index (χ1v) is 6.35. The molecule has 1 N–H and O–H groups in total. The highest BCUT2D eigenvalue weighted by atomic mass is 79.9. The fraction of sp³-hybridized carbons (Fsp3) is 0.500. The van der Waals surface area contributed by atoms with E-state index >= 15 is 0 Å². The van der Waals surface area contributed by atoms with Gasteiger partial charge in [-0.2, -0.15) is 0 Å². The second-order valence-corrected chi connectivity index (χ2v) is 4.88. The van der Waals surface area contributed by atoms with Crippen molar-refractivity contribution in [1.29, 1.82) is 0 Å². The summed E-state index contributed by atoms with van der Waals surface area (Å²) in [5, 5.41) is 3.22. The lowest BCUT2D eigenvalue weighted by Gasteiger charge is -2.37. The molecule has 4 heteroatoms. The Kier molecular flexibility index (Phi) is 4.21. The summed E-state index contributed by atoms with van der Waals surface area (Å²) in [6.07, 6.45) is 0. The molecule has 1 fully saturated rings. The topological polar surface area (TPSA) is 24.5 Å². The lowest BCUT2D eigenvalue weighted by atomic mass is 10.2. The lowest BCUT2D eigenvalue weighted by molar-refractivity contribution is 0.0943. The molecule has 3 nitrogen and oxygen atoms in total. The average molecular weight is 285 g/mol. The molecule has 1 heterocycles. The highest BCUT2D eigenvalue weighted by molar-refractivity contribution is 9.10. The van der Waals surface area contributed by atoms with Crippen LogP contribution in [-0.4, -0.2) is 39.4 Å². The van der Waals surface area contributed by atoms with Crippen molar-refractivity contribution in [1.82, 2.24) is 5.32 Å². The van der Waals surface area contributed by atoms with Crippen LogP contribution < -0.4 is 10.2 Å². The normalized spacial score (nSPS) is 21.1. The fourth-order valence-electron chi connectivity index (χ4n) is 2.05. The summed E-state index contributed by atoms with van der Waals surface area (Å²) in [4.78, 5) is 2.41. The molecule has 1 aliphatic heterocycles. The van der Waals surface area contributed by atoms with Crippen LogP contribution >= 0.6 is 15.9 Å². The van der Waals surface area contributed by atoms with Crippen molar-refractivity contribution in [2.24, 2.45) is 0 Å². The minimum Gasteiger partial charge on any atom is -0.377 e. The molecule has 0 bridgehead atoms. The first-order chi connectivity index (χ1) is 7.81. The number of nitrogens with zero attached hydrogens (tertiary/aromatic N) is 1. The maximum atomic E-state index is 5.52. The van der Waals surface area contributed by atoms with E-state index < -0.39 is 0 Å². The Hall–Kier alpha value is -0.580. The van der Waals surface area contributed by atoms with Crippen molar-refractivity contribution >= 4 is 21.6 Å². The molecule has 88 valence electrons. The summed E-state index contributed by atoms with van der Waals surface area (Å²) >= 11 is 3.51. The number of ether oxygens (including phenoxy) is 1. The molecule has 1 aliphatic rings. The molecule has 0 saturated carbocycles. The van der Waals surface area contributed by atoms with Gasteiger partial charge in [0, 0.05) is 23.2 Å². The smallest absolute Gasteiger partial charge is 0.0683 e. The van der Waals surface area contributed by atoms with Gasteiger partial charge in [0.25, 0.3) is 0 Å². The summed E-state index contributed by atoms with van der Waals surface area (Å²) in [7, 11) is 1.98. The fourth-order valence-corrected chi connectivity index (χ4v) is 2.44. The molecule has 0 amide bonds. The third-order valence-corrected chi connectivity index (χ3v) is 3.30. The zero-order valence-corrected chi connectivity index (χ0v) is 11.0. The van der Waals surface area contributed by atoms with Crippen LogP contribution in [0.15, 0.2) is 28.7 Å². The van der Waals surface area contributed by atoms with Crippen molar-refractivity contribution in [2.75, 3.05) is 38.3 Å². The molecule has 0 radical (unpaired) electrons. The summed E-state index contributed by atoms with van der Waals surface area (Å²) in [6, 6.07) is 8.86. The van der Waals surface area contributed by atoms with Crippen molar-refractivity contribution in [3.63, 3.8) is 0 Å². The standard InChI is InChI=1S/C12H17BrN2O/c1-14-8-12-9-16-6-5-15(12)11-4-2-3-10(13)7-11/h2-4,7,12,14H,5-6,8-9H2,1H3. The maximum Gasteiger partial charge on any atom is 0.0683 e. The number of hydrogen-bond acceptors (Lipinski definition) is 3. The Morgan fingerprint density at radius 1 is 1.56 bits per heavy atom. The SMILES string of the molecule is CNCC1COCCN1c1cccc(Br)c1. The van der Waals surface area contributed by atoms with Gasteiger partial charge in [0.1, 0.15) is 0 Å². The minimum absolute atomic E-state index is 0.424. The van der Waals surface area contributed by atoms with Crippen molar-refractivity contribution < 1.29 is 4.74 Å². The van der Waals surface area contributed by atoms with Gasteiger partial charge < -0.3 is 15.0 Å². The predicted molar refractivity (Wildman–Crippen MR) is 70.0 cm³/mol. The van der Waals surface area contributed by atoms with Crippen LogP contribution in [0.3, 0.4) is 0 Å². The molecule has 0 aliphatic carbocycles. The minimum atomic E-state index is 0.424. The third-order valence-electron chi connectivity index (χ3n) is 2.81. The van der Waals surface area contributed by atoms with E-state index in [2.05, 4.69) is 50.4 Å². The van der Waals surface area contributed by atoms with Gasteiger partial charge in [-0.1, -0.05) is 22.0 Å². The van der Waals surface area contributed by atoms with E-state index in [-0.39, 0.29) is 0 Å². The maximum absolute atomic E-state index is 5.52. The number of likely N-dealkylation sites (N-methyl/N-ethyl adjacent to an activating group) is 1. The van der Waals surface area contributed by atoms with Gasteiger partial charge in [-0.25, -0.2) is 0 Å². The second kappa shape index (κ2) is 5.66. The Labute approximate surface area is 105 Å². The van der Waals surface area contributed by atoms with Gasteiger partial charge in [0.05, 0.1) is 19.3 Å². The molecule has 1 saturated heterocycles. The molecule has 16 heavy (non-hydrogen) atoms. The Morgan fingerprint density at radius 3 is 3.19 bits per heavy atom. The monoisotopic (exact) mass is 284 g/mol. The molecular formula is C12H17BrN2O. The van der Waals surface area contributed by atoms with E-state index in [9.17, 15) is 0 Å². The number of benzene rings is 1. The molecule has 2 rings (SSSR count). The first kappa shape index (κ1) is 11.9. The van der Waals surface area contributed by atoms with Crippen LogP contribution in [0.2, 0.25) is 0 Å². The van der Waals surface area contributed by atoms with E-state index in [0.29, 0.717) is 6.04 Å². The van der Waals surface area contributed by atoms with Gasteiger partial charge in [-0.15, -0.1) is 0 Å². The quantitative estimate of drug-likeness (QED) is 0.917. The summed E-state index contributed by atoms with van der Waals surface area (Å²) in [6.45, 7) is 3.52. The van der Waals surface area contributed by atoms with Crippen molar-refractivity contribution in [2.45, 2.75) is 6.04 Å². The molecule has 0 spiro atoms. The zero-order chi connectivity index (χ0) is 11.4. The highest BCUT2D eigenvalue weighted by Crippen LogP contribution is 2.23. The lowest BCUT2D eigenvalue weighted by Crippen LogP contribution is -2.50. The summed E-state index contributed by atoms with van der Waals surface area (Å²) in [5.74, 6) is 0.